The van der Waals surface area contributed by atoms with Crippen LogP contribution >= 0.6 is 0 Å². The first-order chi connectivity index (χ1) is 20.7. The number of aliphatic hydroxyl groups excluding tert-OH is 13. The van der Waals surface area contributed by atoms with E-state index in [1.165, 1.54) is 13.0 Å². The van der Waals surface area contributed by atoms with Gasteiger partial charge in [-0.3, -0.25) is 0 Å². The first-order valence-electron chi connectivity index (χ1n) is 13.9. The van der Waals surface area contributed by atoms with Crippen LogP contribution in [0.4, 0.5) is 0 Å². The lowest BCUT2D eigenvalue weighted by Gasteiger charge is -2.48. The smallest absolute Gasteiger partial charge is 0.187 e. The fourth-order valence-electron chi connectivity index (χ4n) is 5.36. The molecular weight excluding hydrogens is 602 g/mol. The van der Waals surface area contributed by atoms with E-state index >= 15 is 0 Å². The molecule has 0 radical (unpaired) electrons. The van der Waals surface area contributed by atoms with Crippen LogP contribution in [0.2, 0.25) is 0 Å². The SMILES string of the molecule is C[C@H]1O[C@H](O[C@H]2[C@H](O)[C@@H](O)[C@@H](OC([C@H](O)CO)[C@H](O)[C@@H](O)C=O)O[C@@H]2CO)[C@H](O)[C@@H](O)[C@@H]1N[C@H]1C=C(CO)[C@@H](O)[C@H](O)[C@H]1O. The van der Waals surface area contributed by atoms with Crippen LogP contribution in [0.15, 0.2) is 11.6 Å². The Labute approximate surface area is 250 Å². The Morgan fingerprint density at radius 2 is 1.52 bits per heavy atom. The molecule has 18 atom stereocenters. The van der Waals surface area contributed by atoms with E-state index in [0.717, 1.165) is 0 Å². The first kappa shape index (κ1) is 37.2. The molecule has 0 aromatic carbocycles. The lowest BCUT2D eigenvalue weighted by molar-refractivity contribution is -0.361. The van der Waals surface area contributed by atoms with Crippen LogP contribution in [0.3, 0.4) is 0 Å². The maximum Gasteiger partial charge on any atom is 0.187 e. The van der Waals surface area contributed by atoms with Crippen molar-refractivity contribution < 1.29 is 90.1 Å². The summed E-state index contributed by atoms with van der Waals surface area (Å²) in [6.45, 7) is -1.08. The third-order valence-corrected chi connectivity index (χ3v) is 8.03. The summed E-state index contributed by atoms with van der Waals surface area (Å²) in [5.74, 6) is 0. The summed E-state index contributed by atoms with van der Waals surface area (Å²) in [7, 11) is 0. The molecule has 2 heterocycles. The molecule has 19 heteroatoms. The third-order valence-electron chi connectivity index (χ3n) is 8.03. The predicted molar refractivity (Wildman–Crippen MR) is 139 cm³/mol. The number of ether oxygens (including phenoxy) is 4. The van der Waals surface area contributed by atoms with Crippen molar-refractivity contribution in [3.63, 3.8) is 0 Å². The predicted octanol–water partition coefficient (Wildman–Crippen LogP) is -8.72. The number of aliphatic hydroxyl groups is 13. The van der Waals surface area contributed by atoms with Gasteiger partial charge in [-0.15, -0.1) is 0 Å². The van der Waals surface area contributed by atoms with Gasteiger partial charge >= 0.3 is 0 Å². The minimum absolute atomic E-state index is 0.00900. The van der Waals surface area contributed by atoms with Gasteiger partial charge in [-0.25, -0.2) is 0 Å². The zero-order valence-electron chi connectivity index (χ0n) is 23.5. The Morgan fingerprint density at radius 3 is 2.09 bits per heavy atom. The molecule has 2 saturated heterocycles. The van der Waals surface area contributed by atoms with Gasteiger partial charge in [0.1, 0.15) is 79.4 Å². The van der Waals surface area contributed by atoms with E-state index < -0.39 is 130 Å². The van der Waals surface area contributed by atoms with Gasteiger partial charge in [0.2, 0.25) is 0 Å². The van der Waals surface area contributed by atoms with Crippen molar-refractivity contribution in [3.8, 4) is 0 Å². The fourth-order valence-corrected chi connectivity index (χ4v) is 5.36. The molecule has 0 spiro atoms. The van der Waals surface area contributed by atoms with Gasteiger partial charge in [0.25, 0.3) is 0 Å². The molecule has 1 unspecified atom stereocenters. The number of carbonyl (C=O) groups excluding carboxylic acids is 1. The van der Waals surface area contributed by atoms with Crippen LogP contribution in [-0.2, 0) is 23.7 Å². The van der Waals surface area contributed by atoms with Crippen LogP contribution in [0, 0.1) is 0 Å². The lowest BCUT2D eigenvalue weighted by Crippen LogP contribution is -2.68. The van der Waals surface area contributed by atoms with E-state index in [4.69, 9.17) is 18.9 Å². The maximum absolute atomic E-state index is 10.9. The molecule has 44 heavy (non-hydrogen) atoms. The molecule has 14 N–H and O–H groups in total. The van der Waals surface area contributed by atoms with Gasteiger partial charge in [0.05, 0.1) is 38.0 Å². The summed E-state index contributed by atoms with van der Waals surface area (Å²) in [5, 5.41) is 135. The average molecular weight is 646 g/mol. The van der Waals surface area contributed by atoms with E-state index in [1.807, 2.05) is 0 Å². The van der Waals surface area contributed by atoms with Crippen LogP contribution in [-0.4, -0.2) is 203 Å². The number of aldehydes is 1. The molecule has 2 aliphatic heterocycles. The molecule has 3 rings (SSSR count). The van der Waals surface area contributed by atoms with Crippen LogP contribution in [0.25, 0.3) is 0 Å². The number of rotatable bonds is 13. The molecule has 0 amide bonds. The topological polar surface area (TPSA) is 329 Å². The van der Waals surface area contributed by atoms with Gasteiger partial charge in [-0.1, -0.05) is 6.08 Å². The summed E-state index contributed by atoms with van der Waals surface area (Å²) >= 11 is 0. The third kappa shape index (κ3) is 7.79. The normalized spacial score (nSPS) is 44.4. The highest BCUT2D eigenvalue weighted by molar-refractivity contribution is 5.56. The highest BCUT2D eigenvalue weighted by Gasteiger charge is 2.52. The summed E-state index contributed by atoms with van der Waals surface area (Å²) < 4.78 is 22.0. The second-order valence-electron chi connectivity index (χ2n) is 11.0. The summed E-state index contributed by atoms with van der Waals surface area (Å²) in [6.07, 6.45) is -26.8. The minimum atomic E-state index is -2.10. The zero-order chi connectivity index (χ0) is 33.0. The molecule has 0 bridgehead atoms. The summed E-state index contributed by atoms with van der Waals surface area (Å²) in [5.41, 5.74) is 0.00900. The first-order valence-corrected chi connectivity index (χ1v) is 13.9. The number of nitrogens with one attached hydrogen (secondary N) is 1. The van der Waals surface area contributed by atoms with Crippen molar-refractivity contribution in [3.05, 3.63) is 11.6 Å². The van der Waals surface area contributed by atoms with E-state index in [1.54, 1.807) is 0 Å². The summed E-state index contributed by atoms with van der Waals surface area (Å²) in [6, 6.07) is -2.21. The monoisotopic (exact) mass is 645 g/mol. The molecule has 256 valence electrons. The quantitative estimate of drug-likeness (QED) is 0.0653. The molecule has 0 aromatic heterocycles. The van der Waals surface area contributed by atoms with Gasteiger partial charge < -0.3 is 95.4 Å². The molecule has 0 saturated carbocycles. The van der Waals surface area contributed by atoms with Gasteiger partial charge in [-0.2, -0.15) is 0 Å². The molecule has 3 aliphatic rings. The molecule has 1 aliphatic carbocycles. The van der Waals surface area contributed by atoms with Crippen LogP contribution < -0.4 is 5.32 Å². The number of hydrogen-bond donors (Lipinski definition) is 14. The van der Waals surface area contributed by atoms with Gasteiger partial charge in [-0.05, 0) is 12.5 Å². The van der Waals surface area contributed by atoms with E-state index in [-0.39, 0.29) is 11.9 Å². The summed E-state index contributed by atoms with van der Waals surface area (Å²) in [4.78, 5) is 10.9. The van der Waals surface area contributed by atoms with Crippen molar-refractivity contribution in [2.24, 2.45) is 0 Å². The van der Waals surface area contributed by atoms with Crippen molar-refractivity contribution in [2.45, 2.75) is 117 Å². The van der Waals surface area contributed by atoms with Gasteiger partial charge in [0.15, 0.2) is 18.9 Å². The Kier molecular flexibility index (Phi) is 13.5. The van der Waals surface area contributed by atoms with Crippen molar-refractivity contribution in [1.29, 1.82) is 0 Å². The zero-order valence-corrected chi connectivity index (χ0v) is 23.5. The molecule has 2 fully saturated rings. The Morgan fingerprint density at radius 1 is 0.886 bits per heavy atom. The van der Waals surface area contributed by atoms with Gasteiger partial charge in [0, 0.05) is 0 Å². The Hall–Kier alpha value is -1.31. The highest BCUT2D eigenvalue weighted by atomic mass is 16.7. The van der Waals surface area contributed by atoms with Crippen molar-refractivity contribution in [1.82, 2.24) is 5.32 Å². The molecule has 0 aromatic rings. The van der Waals surface area contributed by atoms with Crippen LogP contribution in [0.1, 0.15) is 6.92 Å². The number of hydrogen-bond acceptors (Lipinski definition) is 19. The van der Waals surface area contributed by atoms with E-state index in [0.29, 0.717) is 0 Å². The number of carbonyl (C=O) groups is 1. The Balaban J connectivity index is 1.71. The Bertz CT molecular complexity index is 943. The lowest BCUT2D eigenvalue weighted by atomic mass is 9.86. The maximum atomic E-state index is 10.9. The largest absolute Gasteiger partial charge is 0.394 e. The minimum Gasteiger partial charge on any atom is -0.394 e. The van der Waals surface area contributed by atoms with E-state index in [9.17, 15) is 71.2 Å². The van der Waals surface area contributed by atoms with Crippen molar-refractivity contribution >= 4 is 6.29 Å². The standard InChI is InChI=1S/C25H43NO18/c1-7-13(26-9-2-8(3-27)14(33)18(37)15(9)34)17(36)20(39)24(41-7)44-23-12(6-30)42-25(21(40)19(23)38)43-22(11(32)5-29)16(35)10(31)4-28/h2,4,7,9-27,29-40H,3,5-6H2,1H3/t7-,9+,10+,11-,12-,13-,14-,15+,16-,17+,18+,19-,20-,21-,22?,23-,24-,25-/m1/s1. The fraction of sp³-hybridized carbons (Fsp3) is 0.880. The second kappa shape index (κ2) is 16.0. The molecule has 19 nitrogen and oxygen atoms in total. The average Bonchev–Trinajstić information content (AvgIpc) is 3.02. The van der Waals surface area contributed by atoms with Crippen molar-refractivity contribution in [2.75, 3.05) is 19.8 Å². The molecular formula is C25H43NO18. The van der Waals surface area contributed by atoms with Crippen LogP contribution in [0.5, 0.6) is 0 Å². The highest BCUT2D eigenvalue weighted by Crippen LogP contribution is 2.31. The second-order valence-corrected chi connectivity index (χ2v) is 11.0. The van der Waals surface area contributed by atoms with E-state index in [2.05, 4.69) is 5.32 Å².